The van der Waals surface area contributed by atoms with Crippen LogP contribution in [0.25, 0.3) is 0 Å². The number of benzene rings is 2. The molecule has 8 nitrogen and oxygen atoms in total. The first kappa shape index (κ1) is 21.3. The molecule has 1 atom stereocenters. The highest BCUT2D eigenvalue weighted by Crippen LogP contribution is 2.32. The summed E-state index contributed by atoms with van der Waals surface area (Å²) in [7, 11) is 0. The highest BCUT2D eigenvalue weighted by molar-refractivity contribution is 6.10. The minimum atomic E-state index is -1.16. The summed E-state index contributed by atoms with van der Waals surface area (Å²) in [6, 6.07) is 18.2. The summed E-state index contributed by atoms with van der Waals surface area (Å²) < 4.78 is 1.67. The zero-order valence-corrected chi connectivity index (χ0v) is 18.0. The van der Waals surface area contributed by atoms with Gasteiger partial charge in [0.1, 0.15) is 17.9 Å². The monoisotopic (exact) mass is 431 g/mol. The minimum absolute atomic E-state index is 0.378. The molecule has 4 amide bonds. The van der Waals surface area contributed by atoms with Crippen molar-refractivity contribution < 1.29 is 14.4 Å². The summed E-state index contributed by atoms with van der Waals surface area (Å²) in [5.74, 6) is -0.410. The van der Waals surface area contributed by atoms with Crippen LogP contribution in [0.4, 0.5) is 10.6 Å². The number of carbonyl (C=O) groups excluding carboxylic acids is 3. The largest absolute Gasteiger partial charge is 0.325 e. The summed E-state index contributed by atoms with van der Waals surface area (Å²) in [5, 5.41) is 9.83. The molecule has 1 aliphatic heterocycles. The van der Waals surface area contributed by atoms with Gasteiger partial charge in [0, 0.05) is 6.07 Å². The lowest BCUT2D eigenvalue weighted by Gasteiger charge is -2.25. The lowest BCUT2D eigenvalue weighted by Crippen LogP contribution is -2.44. The lowest BCUT2D eigenvalue weighted by molar-refractivity contribution is -0.134. The Kier molecular flexibility index (Phi) is 5.77. The smallest absolute Gasteiger partial charge is 0.319 e. The molecule has 0 radical (unpaired) electrons. The number of hydrogen-bond acceptors (Lipinski definition) is 4. The molecule has 0 saturated carbocycles. The van der Waals surface area contributed by atoms with E-state index in [0.717, 1.165) is 16.0 Å². The van der Waals surface area contributed by atoms with E-state index in [2.05, 4.69) is 21.8 Å². The fourth-order valence-corrected chi connectivity index (χ4v) is 4.01. The zero-order valence-electron chi connectivity index (χ0n) is 18.0. The molecule has 2 aromatic carbocycles. The van der Waals surface area contributed by atoms with Crippen molar-refractivity contribution in [1.29, 1.82) is 0 Å². The normalized spacial score (nSPS) is 18.0. The Morgan fingerprint density at radius 2 is 1.88 bits per heavy atom. The Hall–Kier alpha value is -3.94. The first-order chi connectivity index (χ1) is 15.4. The van der Waals surface area contributed by atoms with Crippen molar-refractivity contribution in [1.82, 2.24) is 20.0 Å². The van der Waals surface area contributed by atoms with Crippen LogP contribution in [0, 0.1) is 6.92 Å². The van der Waals surface area contributed by atoms with Gasteiger partial charge in [0.15, 0.2) is 0 Å². The van der Waals surface area contributed by atoms with E-state index in [0.29, 0.717) is 24.3 Å². The highest BCUT2D eigenvalue weighted by atomic mass is 16.2. The quantitative estimate of drug-likeness (QED) is 0.562. The van der Waals surface area contributed by atoms with Gasteiger partial charge in [-0.15, -0.1) is 0 Å². The molecule has 32 heavy (non-hydrogen) atoms. The van der Waals surface area contributed by atoms with E-state index in [1.807, 2.05) is 50.2 Å². The van der Waals surface area contributed by atoms with Crippen LogP contribution < -0.4 is 10.6 Å². The number of amides is 4. The summed E-state index contributed by atoms with van der Waals surface area (Å²) in [6.07, 6.45) is 1.97. The molecule has 1 aromatic heterocycles. The van der Waals surface area contributed by atoms with Gasteiger partial charge in [-0.05, 0) is 24.5 Å². The van der Waals surface area contributed by atoms with Crippen molar-refractivity contribution in [2.75, 3.05) is 11.9 Å². The van der Waals surface area contributed by atoms with Gasteiger partial charge < -0.3 is 10.6 Å². The predicted octanol–water partition coefficient (Wildman–Crippen LogP) is 3.04. The van der Waals surface area contributed by atoms with E-state index in [1.54, 1.807) is 29.1 Å². The number of nitrogens with zero attached hydrogens (tertiary/aromatic N) is 3. The van der Waals surface area contributed by atoms with Gasteiger partial charge in [0.2, 0.25) is 5.91 Å². The van der Waals surface area contributed by atoms with Crippen LogP contribution in [-0.4, -0.2) is 39.1 Å². The van der Waals surface area contributed by atoms with Gasteiger partial charge in [0.25, 0.3) is 5.91 Å². The maximum absolute atomic E-state index is 13.2. The van der Waals surface area contributed by atoms with E-state index >= 15 is 0 Å². The van der Waals surface area contributed by atoms with Gasteiger partial charge in [-0.1, -0.05) is 67.1 Å². The third-order valence-corrected chi connectivity index (χ3v) is 5.67. The first-order valence-corrected chi connectivity index (χ1v) is 10.5. The van der Waals surface area contributed by atoms with Crippen LogP contribution in [0.15, 0.2) is 66.9 Å². The van der Waals surface area contributed by atoms with Crippen molar-refractivity contribution in [2.45, 2.75) is 32.4 Å². The molecule has 164 valence electrons. The van der Waals surface area contributed by atoms with Gasteiger partial charge in [-0.2, -0.15) is 5.10 Å². The molecule has 3 aromatic rings. The molecule has 1 fully saturated rings. The third kappa shape index (κ3) is 3.99. The Morgan fingerprint density at radius 1 is 1.09 bits per heavy atom. The molecule has 1 saturated heterocycles. The van der Waals surface area contributed by atoms with Crippen molar-refractivity contribution in [2.24, 2.45) is 0 Å². The van der Waals surface area contributed by atoms with E-state index < -0.39 is 23.4 Å². The Labute approximate surface area is 186 Å². The number of anilines is 1. The summed E-state index contributed by atoms with van der Waals surface area (Å²) >= 11 is 0. The fraction of sp³-hybridized carbons (Fsp3) is 0.250. The Morgan fingerprint density at radius 3 is 2.59 bits per heavy atom. The first-order valence-electron chi connectivity index (χ1n) is 10.5. The molecule has 1 aliphatic rings. The molecule has 0 spiro atoms. The molecular formula is C24H25N5O3. The second kappa shape index (κ2) is 8.66. The molecule has 4 rings (SSSR count). The number of rotatable bonds is 7. The van der Waals surface area contributed by atoms with Crippen LogP contribution in [0.5, 0.6) is 0 Å². The number of carbonyl (C=O) groups is 3. The number of hydrogen-bond donors (Lipinski definition) is 2. The maximum atomic E-state index is 13.2. The average Bonchev–Trinajstić information content (AvgIpc) is 3.31. The highest BCUT2D eigenvalue weighted by Gasteiger charge is 2.51. The van der Waals surface area contributed by atoms with Gasteiger partial charge in [0.05, 0.1) is 12.7 Å². The Balaban J connectivity index is 1.47. The Bertz CT molecular complexity index is 1160. The second-order valence-corrected chi connectivity index (χ2v) is 7.86. The van der Waals surface area contributed by atoms with Gasteiger partial charge in [-0.3, -0.25) is 14.5 Å². The van der Waals surface area contributed by atoms with E-state index in [-0.39, 0.29) is 6.54 Å². The minimum Gasteiger partial charge on any atom is -0.319 e. The van der Waals surface area contributed by atoms with Crippen molar-refractivity contribution in [3.8, 4) is 0 Å². The summed E-state index contributed by atoms with van der Waals surface area (Å²) in [5.41, 5.74) is 1.72. The van der Waals surface area contributed by atoms with Crippen molar-refractivity contribution in [3.05, 3.63) is 83.6 Å². The predicted molar refractivity (Wildman–Crippen MR) is 120 cm³/mol. The average molecular weight is 431 g/mol. The van der Waals surface area contributed by atoms with Crippen LogP contribution in [-0.2, 0) is 21.7 Å². The molecule has 0 bridgehead atoms. The molecule has 2 N–H and O–H groups in total. The second-order valence-electron chi connectivity index (χ2n) is 7.86. The van der Waals surface area contributed by atoms with Crippen LogP contribution in [0.1, 0.15) is 30.0 Å². The molecule has 0 unspecified atom stereocenters. The summed E-state index contributed by atoms with van der Waals surface area (Å²) in [4.78, 5) is 39.5. The van der Waals surface area contributed by atoms with E-state index in [9.17, 15) is 14.4 Å². The fourth-order valence-electron chi connectivity index (χ4n) is 4.01. The molecule has 0 aliphatic carbocycles. The topological polar surface area (TPSA) is 96.3 Å². The summed E-state index contributed by atoms with van der Waals surface area (Å²) in [6.45, 7) is 3.95. The number of nitrogens with one attached hydrogen (secondary N) is 2. The number of aryl methyl sites for hydroxylation is 1. The third-order valence-electron chi connectivity index (χ3n) is 5.67. The van der Waals surface area contributed by atoms with Gasteiger partial charge in [-0.25, -0.2) is 9.48 Å². The standard InChI is InChI=1S/C24H25N5O3/c1-3-24(19-10-5-4-6-11-19)22(31)28(23(32)27-24)16-21(30)26-20-12-13-25-29(20)15-18-9-7-8-17(2)14-18/h4-14H,3,15-16H2,1-2H3,(H,26,30)(H,27,32)/t24-/m0/s1. The van der Waals surface area contributed by atoms with Gasteiger partial charge >= 0.3 is 6.03 Å². The number of imide groups is 1. The maximum Gasteiger partial charge on any atom is 0.325 e. The van der Waals surface area contributed by atoms with Crippen LogP contribution >= 0.6 is 0 Å². The van der Waals surface area contributed by atoms with Crippen molar-refractivity contribution >= 4 is 23.7 Å². The molecule has 8 heteroatoms. The number of urea groups is 1. The van der Waals surface area contributed by atoms with Crippen LogP contribution in [0.3, 0.4) is 0 Å². The van der Waals surface area contributed by atoms with Crippen LogP contribution in [0.2, 0.25) is 0 Å². The van der Waals surface area contributed by atoms with Crippen molar-refractivity contribution in [3.63, 3.8) is 0 Å². The molecule has 2 heterocycles. The lowest BCUT2D eigenvalue weighted by atomic mass is 9.87. The number of aromatic nitrogens is 2. The SMILES string of the molecule is CC[C@@]1(c2ccccc2)NC(=O)N(CC(=O)Nc2ccnn2Cc2cccc(C)c2)C1=O. The zero-order chi connectivity index (χ0) is 22.7. The van der Waals surface area contributed by atoms with E-state index in [1.165, 1.54) is 0 Å². The molecular weight excluding hydrogens is 406 g/mol. The van der Waals surface area contributed by atoms with E-state index in [4.69, 9.17) is 0 Å².